The molecule has 19 heavy (non-hydrogen) atoms. The number of hydrogen-bond donors (Lipinski definition) is 1. The topological polar surface area (TPSA) is 32.5 Å². The van der Waals surface area contributed by atoms with Gasteiger partial charge in [-0.15, -0.1) is 0 Å². The molecule has 1 aliphatic rings. The minimum Gasteiger partial charge on any atom is -0.369 e. The standard InChI is InChI=1S/C16H27N3/c1-4-15-12-19(10-9-18(15)3)16-6-5-14(7-8-17)13(2)11-16/h5-6,11,15H,4,7-10,12,17H2,1-3H3. The van der Waals surface area contributed by atoms with Crippen molar-refractivity contribution in [1.29, 1.82) is 0 Å². The number of aryl methyl sites for hydroxylation is 1. The Kier molecular flexibility index (Phi) is 4.83. The van der Waals surface area contributed by atoms with Crippen molar-refractivity contribution in [3.63, 3.8) is 0 Å². The molecule has 1 atom stereocenters. The third-order valence-corrected chi connectivity index (χ3v) is 4.35. The first kappa shape index (κ1) is 14.4. The lowest BCUT2D eigenvalue weighted by atomic mass is 10.0. The monoisotopic (exact) mass is 261 g/mol. The number of hydrogen-bond acceptors (Lipinski definition) is 3. The van der Waals surface area contributed by atoms with Crippen molar-refractivity contribution < 1.29 is 0 Å². The van der Waals surface area contributed by atoms with E-state index in [4.69, 9.17) is 5.73 Å². The largest absolute Gasteiger partial charge is 0.369 e. The van der Waals surface area contributed by atoms with Crippen LogP contribution in [0.5, 0.6) is 0 Å². The average molecular weight is 261 g/mol. The second-order valence-electron chi connectivity index (χ2n) is 5.64. The van der Waals surface area contributed by atoms with E-state index in [2.05, 4.69) is 48.9 Å². The van der Waals surface area contributed by atoms with Gasteiger partial charge in [-0.1, -0.05) is 13.0 Å². The number of benzene rings is 1. The maximum absolute atomic E-state index is 5.65. The zero-order chi connectivity index (χ0) is 13.8. The number of likely N-dealkylation sites (N-methyl/N-ethyl adjacent to an activating group) is 1. The molecule has 2 N–H and O–H groups in total. The Morgan fingerprint density at radius 3 is 2.74 bits per heavy atom. The molecule has 1 aliphatic heterocycles. The smallest absolute Gasteiger partial charge is 0.0370 e. The summed E-state index contributed by atoms with van der Waals surface area (Å²) >= 11 is 0. The quantitative estimate of drug-likeness (QED) is 0.900. The molecule has 1 unspecified atom stereocenters. The third kappa shape index (κ3) is 3.28. The van der Waals surface area contributed by atoms with Crippen LogP contribution in [0.3, 0.4) is 0 Å². The Bertz CT molecular complexity index is 416. The van der Waals surface area contributed by atoms with Crippen molar-refractivity contribution in [3.05, 3.63) is 29.3 Å². The minimum atomic E-state index is 0.678. The summed E-state index contributed by atoms with van der Waals surface area (Å²) in [4.78, 5) is 5.00. The van der Waals surface area contributed by atoms with Crippen molar-refractivity contribution in [1.82, 2.24) is 4.90 Å². The highest BCUT2D eigenvalue weighted by atomic mass is 15.3. The summed E-state index contributed by atoms with van der Waals surface area (Å²) in [7, 11) is 2.24. The molecule has 0 saturated carbocycles. The van der Waals surface area contributed by atoms with Gasteiger partial charge >= 0.3 is 0 Å². The Labute approximate surface area is 117 Å². The molecule has 2 rings (SSSR count). The maximum Gasteiger partial charge on any atom is 0.0370 e. The molecule has 1 aromatic carbocycles. The van der Waals surface area contributed by atoms with Gasteiger partial charge in [0.05, 0.1) is 0 Å². The number of piperazine rings is 1. The van der Waals surface area contributed by atoms with Crippen molar-refractivity contribution in [3.8, 4) is 0 Å². The molecule has 0 spiro atoms. The highest BCUT2D eigenvalue weighted by Gasteiger charge is 2.23. The SMILES string of the molecule is CCC1CN(c2ccc(CCN)c(C)c2)CCN1C. The second kappa shape index (κ2) is 6.40. The molecular formula is C16H27N3. The zero-order valence-corrected chi connectivity index (χ0v) is 12.5. The van der Waals surface area contributed by atoms with Crippen LogP contribution in [0.4, 0.5) is 5.69 Å². The fourth-order valence-corrected chi connectivity index (χ4v) is 2.93. The summed E-state index contributed by atoms with van der Waals surface area (Å²) in [6.45, 7) is 8.63. The van der Waals surface area contributed by atoms with Gasteiger partial charge in [0, 0.05) is 31.4 Å². The first-order valence-electron chi connectivity index (χ1n) is 7.40. The normalized spacial score (nSPS) is 20.8. The molecule has 0 bridgehead atoms. The Balaban J connectivity index is 2.11. The first-order chi connectivity index (χ1) is 9.15. The van der Waals surface area contributed by atoms with Crippen LogP contribution in [0.15, 0.2) is 18.2 Å². The predicted molar refractivity (Wildman–Crippen MR) is 82.9 cm³/mol. The lowest BCUT2D eigenvalue weighted by Crippen LogP contribution is -2.51. The molecule has 0 amide bonds. The Morgan fingerprint density at radius 2 is 2.11 bits per heavy atom. The van der Waals surface area contributed by atoms with Gasteiger partial charge in [0.2, 0.25) is 0 Å². The van der Waals surface area contributed by atoms with E-state index < -0.39 is 0 Å². The van der Waals surface area contributed by atoms with Gasteiger partial charge in [0.15, 0.2) is 0 Å². The van der Waals surface area contributed by atoms with E-state index in [1.807, 2.05) is 0 Å². The summed E-state index contributed by atoms with van der Waals surface area (Å²) in [5.74, 6) is 0. The number of rotatable bonds is 4. The van der Waals surface area contributed by atoms with Crippen molar-refractivity contribution >= 4 is 5.69 Å². The summed E-state index contributed by atoms with van der Waals surface area (Å²) in [6.07, 6.45) is 2.20. The van der Waals surface area contributed by atoms with Crippen LogP contribution >= 0.6 is 0 Å². The van der Waals surface area contributed by atoms with E-state index in [-0.39, 0.29) is 0 Å². The van der Waals surface area contributed by atoms with Gasteiger partial charge in [-0.3, -0.25) is 4.90 Å². The zero-order valence-electron chi connectivity index (χ0n) is 12.5. The molecule has 1 saturated heterocycles. The molecule has 3 heteroatoms. The van der Waals surface area contributed by atoms with E-state index in [0.717, 1.165) is 32.6 Å². The summed E-state index contributed by atoms with van der Waals surface area (Å²) in [6, 6.07) is 7.51. The molecule has 0 aliphatic carbocycles. The van der Waals surface area contributed by atoms with E-state index in [9.17, 15) is 0 Å². The van der Waals surface area contributed by atoms with E-state index in [1.165, 1.54) is 23.2 Å². The minimum absolute atomic E-state index is 0.678. The molecule has 1 heterocycles. The van der Waals surface area contributed by atoms with Crippen LogP contribution in [0, 0.1) is 6.92 Å². The molecule has 3 nitrogen and oxygen atoms in total. The molecule has 0 aromatic heterocycles. The van der Waals surface area contributed by atoms with Gasteiger partial charge in [-0.2, -0.15) is 0 Å². The highest BCUT2D eigenvalue weighted by Crippen LogP contribution is 2.23. The fraction of sp³-hybridized carbons (Fsp3) is 0.625. The third-order valence-electron chi connectivity index (χ3n) is 4.35. The number of nitrogens with two attached hydrogens (primary N) is 1. The van der Waals surface area contributed by atoms with Crippen LogP contribution in [-0.4, -0.2) is 44.2 Å². The molecule has 0 radical (unpaired) electrons. The van der Waals surface area contributed by atoms with Crippen LogP contribution in [0.1, 0.15) is 24.5 Å². The van der Waals surface area contributed by atoms with Crippen molar-refractivity contribution in [2.45, 2.75) is 32.7 Å². The van der Waals surface area contributed by atoms with Crippen LogP contribution in [0.25, 0.3) is 0 Å². The number of nitrogens with zero attached hydrogens (tertiary/aromatic N) is 2. The molecule has 106 valence electrons. The van der Waals surface area contributed by atoms with E-state index >= 15 is 0 Å². The van der Waals surface area contributed by atoms with Crippen LogP contribution < -0.4 is 10.6 Å². The summed E-state index contributed by atoms with van der Waals surface area (Å²) < 4.78 is 0. The Hall–Kier alpha value is -1.06. The lowest BCUT2D eigenvalue weighted by molar-refractivity contribution is 0.213. The molecular weight excluding hydrogens is 234 g/mol. The summed E-state index contributed by atoms with van der Waals surface area (Å²) in [5, 5.41) is 0. The fourth-order valence-electron chi connectivity index (χ4n) is 2.93. The average Bonchev–Trinajstić information content (AvgIpc) is 2.42. The predicted octanol–water partition coefficient (Wildman–Crippen LogP) is 2.03. The van der Waals surface area contributed by atoms with Gasteiger partial charge < -0.3 is 10.6 Å². The van der Waals surface area contributed by atoms with Gasteiger partial charge in [0.25, 0.3) is 0 Å². The Morgan fingerprint density at radius 1 is 1.32 bits per heavy atom. The van der Waals surface area contributed by atoms with Gasteiger partial charge in [0.1, 0.15) is 0 Å². The van der Waals surface area contributed by atoms with E-state index in [1.54, 1.807) is 0 Å². The summed E-state index contributed by atoms with van der Waals surface area (Å²) in [5.41, 5.74) is 9.76. The van der Waals surface area contributed by atoms with E-state index in [0.29, 0.717) is 6.04 Å². The number of anilines is 1. The van der Waals surface area contributed by atoms with Crippen LogP contribution in [0.2, 0.25) is 0 Å². The first-order valence-corrected chi connectivity index (χ1v) is 7.40. The lowest BCUT2D eigenvalue weighted by Gasteiger charge is -2.40. The molecule has 1 aromatic rings. The van der Waals surface area contributed by atoms with Gasteiger partial charge in [-0.25, -0.2) is 0 Å². The van der Waals surface area contributed by atoms with Crippen molar-refractivity contribution in [2.24, 2.45) is 5.73 Å². The highest BCUT2D eigenvalue weighted by molar-refractivity contribution is 5.51. The molecule has 1 fully saturated rings. The van der Waals surface area contributed by atoms with Crippen molar-refractivity contribution in [2.75, 3.05) is 38.1 Å². The second-order valence-corrected chi connectivity index (χ2v) is 5.64. The van der Waals surface area contributed by atoms with Crippen LogP contribution in [-0.2, 0) is 6.42 Å². The van der Waals surface area contributed by atoms with Gasteiger partial charge in [-0.05, 0) is 56.6 Å². The maximum atomic E-state index is 5.65.